The summed E-state index contributed by atoms with van der Waals surface area (Å²) in [5, 5.41) is 18.5. The SMILES string of the molecule is Cc1ccc(C2(O)CCN(C(=O)c3ccc(-n4cnnc4)cc3)CC2)nc1. The molecular weight excluding hydrogens is 342 g/mol. The van der Waals surface area contributed by atoms with Gasteiger partial charge in [-0.05, 0) is 55.7 Å². The third-order valence-electron chi connectivity index (χ3n) is 5.10. The molecule has 1 fully saturated rings. The first-order valence-corrected chi connectivity index (χ1v) is 8.95. The highest BCUT2D eigenvalue weighted by molar-refractivity contribution is 5.94. The van der Waals surface area contributed by atoms with Crippen LogP contribution in [0.15, 0.2) is 55.2 Å². The highest BCUT2D eigenvalue weighted by atomic mass is 16.3. The van der Waals surface area contributed by atoms with E-state index in [2.05, 4.69) is 15.2 Å². The molecule has 0 spiro atoms. The van der Waals surface area contributed by atoms with Gasteiger partial charge in [0, 0.05) is 30.5 Å². The van der Waals surface area contributed by atoms with E-state index in [0.717, 1.165) is 11.3 Å². The Balaban J connectivity index is 1.43. The number of carbonyl (C=O) groups excluding carboxylic acids is 1. The summed E-state index contributed by atoms with van der Waals surface area (Å²) in [4.78, 5) is 18.9. The fraction of sp³-hybridized carbons (Fsp3) is 0.300. The zero-order valence-corrected chi connectivity index (χ0v) is 15.1. The molecule has 0 aliphatic carbocycles. The Morgan fingerprint density at radius 3 is 2.30 bits per heavy atom. The molecule has 0 radical (unpaired) electrons. The lowest BCUT2D eigenvalue weighted by atomic mass is 9.87. The number of amides is 1. The maximum Gasteiger partial charge on any atom is 0.253 e. The number of likely N-dealkylation sites (tertiary alicyclic amines) is 1. The van der Waals surface area contributed by atoms with Crippen molar-refractivity contribution in [3.05, 3.63) is 72.1 Å². The molecule has 7 heteroatoms. The third kappa shape index (κ3) is 3.46. The molecule has 1 aromatic carbocycles. The molecule has 3 heterocycles. The Kier molecular flexibility index (Phi) is 4.45. The molecule has 1 amide bonds. The normalized spacial score (nSPS) is 16.3. The van der Waals surface area contributed by atoms with E-state index < -0.39 is 5.60 Å². The molecule has 138 valence electrons. The molecule has 27 heavy (non-hydrogen) atoms. The van der Waals surface area contributed by atoms with Crippen molar-refractivity contribution >= 4 is 5.91 Å². The quantitative estimate of drug-likeness (QED) is 0.770. The van der Waals surface area contributed by atoms with Gasteiger partial charge in [0.15, 0.2) is 0 Å². The van der Waals surface area contributed by atoms with Crippen molar-refractivity contribution in [2.24, 2.45) is 0 Å². The number of aliphatic hydroxyl groups is 1. The van der Waals surface area contributed by atoms with Crippen LogP contribution in [0.4, 0.5) is 0 Å². The van der Waals surface area contributed by atoms with Crippen molar-refractivity contribution in [2.45, 2.75) is 25.4 Å². The number of benzene rings is 1. The van der Waals surface area contributed by atoms with Crippen LogP contribution in [0.5, 0.6) is 0 Å². The van der Waals surface area contributed by atoms with Gasteiger partial charge >= 0.3 is 0 Å². The summed E-state index contributed by atoms with van der Waals surface area (Å²) in [7, 11) is 0. The number of pyridine rings is 1. The maximum absolute atomic E-state index is 12.8. The van der Waals surface area contributed by atoms with Crippen molar-refractivity contribution < 1.29 is 9.90 Å². The van der Waals surface area contributed by atoms with Crippen molar-refractivity contribution in [1.29, 1.82) is 0 Å². The van der Waals surface area contributed by atoms with Gasteiger partial charge in [0.1, 0.15) is 18.3 Å². The average molecular weight is 363 g/mol. The van der Waals surface area contributed by atoms with E-state index in [4.69, 9.17) is 0 Å². The zero-order chi connectivity index (χ0) is 18.9. The molecule has 0 bridgehead atoms. The molecule has 1 N–H and O–H groups in total. The van der Waals surface area contributed by atoms with Gasteiger partial charge in [-0.15, -0.1) is 10.2 Å². The van der Waals surface area contributed by atoms with E-state index in [0.29, 0.717) is 37.2 Å². The number of rotatable bonds is 3. The van der Waals surface area contributed by atoms with Crippen LogP contribution in [0.1, 0.15) is 34.5 Å². The highest BCUT2D eigenvalue weighted by Crippen LogP contribution is 2.32. The van der Waals surface area contributed by atoms with Crippen molar-refractivity contribution in [3.63, 3.8) is 0 Å². The molecule has 7 nitrogen and oxygen atoms in total. The summed E-state index contributed by atoms with van der Waals surface area (Å²) in [6.07, 6.45) is 5.95. The molecule has 1 aliphatic heterocycles. The molecule has 4 rings (SSSR count). The number of aryl methyl sites for hydroxylation is 1. The summed E-state index contributed by atoms with van der Waals surface area (Å²) in [6, 6.07) is 11.2. The zero-order valence-electron chi connectivity index (χ0n) is 15.1. The summed E-state index contributed by atoms with van der Waals surface area (Å²) < 4.78 is 1.78. The van der Waals surface area contributed by atoms with E-state index >= 15 is 0 Å². The van der Waals surface area contributed by atoms with Gasteiger partial charge in [0.2, 0.25) is 0 Å². The van der Waals surface area contributed by atoms with Crippen LogP contribution in [0.2, 0.25) is 0 Å². The lowest BCUT2D eigenvalue weighted by Crippen LogP contribution is -2.45. The van der Waals surface area contributed by atoms with Gasteiger partial charge in [-0.25, -0.2) is 0 Å². The molecule has 0 unspecified atom stereocenters. The predicted molar refractivity (Wildman–Crippen MR) is 99.4 cm³/mol. The lowest BCUT2D eigenvalue weighted by molar-refractivity contribution is -0.0244. The van der Waals surface area contributed by atoms with Crippen molar-refractivity contribution in [2.75, 3.05) is 13.1 Å². The largest absolute Gasteiger partial charge is 0.383 e. The Hall–Kier alpha value is -3.06. The minimum absolute atomic E-state index is 0.0239. The fourth-order valence-corrected chi connectivity index (χ4v) is 3.37. The van der Waals surface area contributed by atoms with E-state index in [1.165, 1.54) is 0 Å². The van der Waals surface area contributed by atoms with Crippen LogP contribution in [-0.2, 0) is 5.60 Å². The summed E-state index contributed by atoms with van der Waals surface area (Å²) in [6.45, 7) is 2.97. The second kappa shape index (κ2) is 6.92. The van der Waals surface area contributed by atoms with E-state index in [9.17, 15) is 9.90 Å². The third-order valence-corrected chi connectivity index (χ3v) is 5.10. The molecule has 2 aromatic heterocycles. The lowest BCUT2D eigenvalue weighted by Gasteiger charge is -2.37. The Morgan fingerprint density at radius 2 is 1.70 bits per heavy atom. The summed E-state index contributed by atoms with van der Waals surface area (Å²) in [5.41, 5.74) is 2.30. The monoisotopic (exact) mass is 363 g/mol. The van der Waals surface area contributed by atoms with E-state index in [-0.39, 0.29) is 5.91 Å². The van der Waals surface area contributed by atoms with E-state index in [1.54, 1.807) is 40.5 Å². The van der Waals surface area contributed by atoms with Crippen molar-refractivity contribution in [3.8, 4) is 5.69 Å². The Labute approximate surface area is 157 Å². The van der Waals surface area contributed by atoms with Gasteiger partial charge in [0.05, 0.1) is 5.69 Å². The van der Waals surface area contributed by atoms with Crippen LogP contribution >= 0.6 is 0 Å². The fourth-order valence-electron chi connectivity index (χ4n) is 3.37. The minimum Gasteiger partial charge on any atom is -0.383 e. The predicted octanol–water partition coefficient (Wildman–Crippen LogP) is 2.09. The summed E-state index contributed by atoms with van der Waals surface area (Å²) >= 11 is 0. The summed E-state index contributed by atoms with van der Waals surface area (Å²) in [5.74, 6) is -0.0239. The number of hydrogen-bond acceptors (Lipinski definition) is 5. The van der Waals surface area contributed by atoms with Crippen molar-refractivity contribution in [1.82, 2.24) is 24.6 Å². The molecule has 3 aromatic rings. The topological polar surface area (TPSA) is 84.1 Å². The molecular formula is C20H21N5O2. The number of piperidine rings is 1. The van der Waals surface area contributed by atoms with Gasteiger partial charge in [0.25, 0.3) is 5.91 Å². The molecule has 1 saturated heterocycles. The average Bonchev–Trinajstić information content (AvgIpc) is 3.23. The second-order valence-corrected chi connectivity index (χ2v) is 6.96. The number of nitrogens with zero attached hydrogens (tertiary/aromatic N) is 5. The first-order chi connectivity index (χ1) is 13.0. The number of carbonyl (C=O) groups is 1. The standard InChI is InChI=1S/C20H21N5O2/c1-15-2-7-18(21-12-15)20(27)8-10-24(11-9-20)19(26)16-3-5-17(6-4-16)25-13-22-23-14-25/h2-7,12-14,27H,8-11H2,1H3. The number of hydrogen-bond donors (Lipinski definition) is 1. The second-order valence-electron chi connectivity index (χ2n) is 6.96. The first-order valence-electron chi connectivity index (χ1n) is 8.95. The Bertz CT molecular complexity index is 912. The smallest absolute Gasteiger partial charge is 0.253 e. The van der Waals surface area contributed by atoms with Crippen LogP contribution in [0, 0.1) is 6.92 Å². The number of aromatic nitrogens is 4. The highest BCUT2D eigenvalue weighted by Gasteiger charge is 2.36. The minimum atomic E-state index is -0.969. The van der Waals surface area contributed by atoms with E-state index in [1.807, 2.05) is 31.2 Å². The van der Waals surface area contributed by atoms with Gasteiger partial charge in [-0.1, -0.05) is 6.07 Å². The van der Waals surface area contributed by atoms with Crippen LogP contribution in [-0.4, -0.2) is 48.8 Å². The maximum atomic E-state index is 12.8. The van der Waals surface area contributed by atoms with Gasteiger partial charge in [-0.2, -0.15) is 0 Å². The molecule has 0 atom stereocenters. The Morgan fingerprint density at radius 1 is 1.04 bits per heavy atom. The van der Waals surface area contributed by atoms with Crippen LogP contribution in [0.25, 0.3) is 5.69 Å². The molecule has 0 saturated carbocycles. The first kappa shape index (κ1) is 17.4. The van der Waals surface area contributed by atoms with Crippen LogP contribution in [0.3, 0.4) is 0 Å². The van der Waals surface area contributed by atoms with Gasteiger partial charge in [-0.3, -0.25) is 14.3 Å². The van der Waals surface area contributed by atoms with Gasteiger partial charge < -0.3 is 10.0 Å². The molecule has 1 aliphatic rings. The van der Waals surface area contributed by atoms with Crippen LogP contribution < -0.4 is 0 Å².